The van der Waals surface area contributed by atoms with E-state index in [1.54, 1.807) is 18.0 Å². The molecule has 1 amide bonds. The molecule has 0 bridgehead atoms. The molecule has 1 aromatic rings. The molecule has 0 aromatic heterocycles. The third-order valence-corrected chi connectivity index (χ3v) is 3.01. The number of benzene rings is 1. The van der Waals surface area contributed by atoms with Crippen LogP contribution < -0.4 is 15.5 Å². The number of nitrogens with zero attached hydrogens (tertiary/aromatic N) is 1. The maximum Gasteiger partial charge on any atom is 0.239 e. The van der Waals surface area contributed by atoms with Crippen LogP contribution in [0.1, 0.15) is 32.8 Å². The fourth-order valence-electron chi connectivity index (χ4n) is 2.05. The van der Waals surface area contributed by atoms with Gasteiger partial charge in [-0.1, -0.05) is 13.0 Å². The van der Waals surface area contributed by atoms with Gasteiger partial charge in [-0.3, -0.25) is 4.79 Å². The van der Waals surface area contributed by atoms with Crippen molar-refractivity contribution in [2.45, 2.75) is 39.8 Å². The zero-order chi connectivity index (χ0) is 15.8. The van der Waals surface area contributed by atoms with Gasteiger partial charge in [0.25, 0.3) is 0 Å². The Bertz CT molecular complexity index is 463. The van der Waals surface area contributed by atoms with Crippen molar-refractivity contribution in [1.29, 1.82) is 0 Å². The van der Waals surface area contributed by atoms with E-state index in [2.05, 4.69) is 17.6 Å². The second kappa shape index (κ2) is 8.62. The third kappa shape index (κ3) is 6.12. The number of halogens is 1. The zero-order valence-electron chi connectivity index (χ0n) is 13.4. The summed E-state index contributed by atoms with van der Waals surface area (Å²) in [6.07, 6.45) is 1.05. The molecule has 21 heavy (non-hydrogen) atoms. The van der Waals surface area contributed by atoms with Crippen LogP contribution in [0.2, 0.25) is 0 Å². The Morgan fingerprint density at radius 3 is 2.67 bits per heavy atom. The molecule has 0 aliphatic carbocycles. The van der Waals surface area contributed by atoms with Crippen molar-refractivity contribution in [2.24, 2.45) is 0 Å². The van der Waals surface area contributed by atoms with Gasteiger partial charge in [0.05, 0.1) is 12.2 Å². The van der Waals surface area contributed by atoms with E-state index in [1.807, 2.05) is 19.9 Å². The molecule has 1 aromatic carbocycles. The highest BCUT2D eigenvalue weighted by atomic mass is 19.1. The van der Waals surface area contributed by atoms with Gasteiger partial charge < -0.3 is 15.5 Å². The summed E-state index contributed by atoms with van der Waals surface area (Å²) in [6, 6.07) is 5.22. The molecule has 5 heteroatoms. The number of likely N-dealkylation sites (N-methyl/N-ethyl adjacent to an activating group) is 1. The van der Waals surface area contributed by atoms with Gasteiger partial charge in [0.1, 0.15) is 5.82 Å². The van der Waals surface area contributed by atoms with E-state index in [0.717, 1.165) is 18.5 Å². The summed E-state index contributed by atoms with van der Waals surface area (Å²) in [5.41, 5.74) is 1.35. The molecule has 0 heterocycles. The highest BCUT2D eigenvalue weighted by molar-refractivity contribution is 5.81. The summed E-state index contributed by atoms with van der Waals surface area (Å²) in [7, 11) is 1.72. The van der Waals surface area contributed by atoms with Gasteiger partial charge in [0.2, 0.25) is 5.91 Å². The Labute approximate surface area is 126 Å². The molecule has 0 unspecified atom stereocenters. The van der Waals surface area contributed by atoms with E-state index in [0.29, 0.717) is 12.2 Å². The third-order valence-electron chi connectivity index (χ3n) is 3.01. The van der Waals surface area contributed by atoms with E-state index in [1.165, 1.54) is 6.07 Å². The molecular weight excluding hydrogens is 269 g/mol. The number of anilines is 1. The maximum atomic E-state index is 14.1. The molecule has 0 fully saturated rings. The fraction of sp³-hybridized carbons (Fsp3) is 0.562. The molecule has 0 saturated heterocycles. The maximum absolute atomic E-state index is 14.1. The first-order chi connectivity index (χ1) is 9.93. The second-order valence-corrected chi connectivity index (χ2v) is 5.54. The first-order valence-electron chi connectivity index (χ1n) is 7.43. The van der Waals surface area contributed by atoms with Gasteiger partial charge in [-0.15, -0.1) is 0 Å². The largest absolute Gasteiger partial charge is 0.363 e. The van der Waals surface area contributed by atoms with E-state index < -0.39 is 0 Å². The van der Waals surface area contributed by atoms with Crippen LogP contribution in [0, 0.1) is 5.82 Å². The topological polar surface area (TPSA) is 44.4 Å². The van der Waals surface area contributed by atoms with Crippen molar-refractivity contribution < 1.29 is 9.18 Å². The minimum absolute atomic E-state index is 0.0859. The lowest BCUT2D eigenvalue weighted by Gasteiger charge is -2.20. The number of carbonyl (C=O) groups is 1. The van der Waals surface area contributed by atoms with Gasteiger partial charge in [-0.05, 0) is 44.5 Å². The molecule has 0 radical (unpaired) electrons. The predicted molar refractivity (Wildman–Crippen MR) is 84.9 cm³/mol. The van der Waals surface area contributed by atoms with Crippen LogP contribution in [0.5, 0.6) is 0 Å². The van der Waals surface area contributed by atoms with Crippen LogP contribution >= 0.6 is 0 Å². The second-order valence-electron chi connectivity index (χ2n) is 5.54. The molecule has 0 saturated carbocycles. The van der Waals surface area contributed by atoms with Crippen molar-refractivity contribution in [2.75, 3.05) is 25.0 Å². The van der Waals surface area contributed by atoms with Crippen molar-refractivity contribution in [3.63, 3.8) is 0 Å². The molecule has 0 spiro atoms. The van der Waals surface area contributed by atoms with E-state index in [-0.39, 0.29) is 24.3 Å². The van der Waals surface area contributed by atoms with Crippen molar-refractivity contribution in [1.82, 2.24) is 10.6 Å². The summed E-state index contributed by atoms with van der Waals surface area (Å²) >= 11 is 0. The monoisotopic (exact) mass is 295 g/mol. The van der Waals surface area contributed by atoms with Gasteiger partial charge in [-0.25, -0.2) is 4.39 Å². The van der Waals surface area contributed by atoms with Crippen LogP contribution in [0.15, 0.2) is 18.2 Å². The lowest BCUT2D eigenvalue weighted by Crippen LogP contribution is -2.38. The van der Waals surface area contributed by atoms with E-state index in [4.69, 9.17) is 0 Å². The first-order valence-corrected chi connectivity index (χ1v) is 7.43. The van der Waals surface area contributed by atoms with Crippen molar-refractivity contribution >= 4 is 11.6 Å². The normalized spacial score (nSPS) is 10.8. The molecule has 118 valence electrons. The van der Waals surface area contributed by atoms with Gasteiger partial charge in [0, 0.05) is 19.6 Å². The number of amides is 1. The Morgan fingerprint density at radius 2 is 2.10 bits per heavy atom. The number of nitrogens with one attached hydrogen (secondary N) is 2. The summed E-state index contributed by atoms with van der Waals surface area (Å²) < 4.78 is 14.1. The lowest BCUT2D eigenvalue weighted by molar-refractivity contribution is -0.120. The Hall–Kier alpha value is -1.62. The molecule has 1 rings (SSSR count). The smallest absolute Gasteiger partial charge is 0.239 e. The molecule has 4 nitrogen and oxygen atoms in total. The number of hydrogen-bond acceptors (Lipinski definition) is 3. The molecular formula is C16H26FN3O. The zero-order valence-corrected chi connectivity index (χ0v) is 13.4. The van der Waals surface area contributed by atoms with E-state index in [9.17, 15) is 9.18 Å². The van der Waals surface area contributed by atoms with Crippen molar-refractivity contribution in [3.8, 4) is 0 Å². The van der Waals surface area contributed by atoms with Crippen LogP contribution in [0.3, 0.4) is 0 Å². The quantitative estimate of drug-likeness (QED) is 0.723. The van der Waals surface area contributed by atoms with E-state index >= 15 is 0 Å². The number of rotatable bonds is 8. The summed E-state index contributed by atoms with van der Waals surface area (Å²) in [5.74, 6) is -0.411. The standard InChI is InChI=1S/C16H26FN3O/c1-5-8-18-10-13-6-7-15(14(17)9-13)20(4)11-16(21)19-12(2)3/h6-7,9,12,18H,5,8,10-11H2,1-4H3,(H,19,21). The minimum Gasteiger partial charge on any atom is -0.363 e. The Morgan fingerprint density at radius 1 is 1.38 bits per heavy atom. The molecule has 2 N–H and O–H groups in total. The van der Waals surface area contributed by atoms with Crippen molar-refractivity contribution in [3.05, 3.63) is 29.6 Å². The highest BCUT2D eigenvalue weighted by Gasteiger charge is 2.12. The minimum atomic E-state index is -0.300. The summed E-state index contributed by atoms with van der Waals surface area (Å²) in [6.45, 7) is 7.60. The Kier molecular flexibility index (Phi) is 7.15. The van der Waals surface area contributed by atoms with Crippen LogP contribution in [-0.2, 0) is 11.3 Å². The average Bonchev–Trinajstić information content (AvgIpc) is 2.37. The summed E-state index contributed by atoms with van der Waals surface area (Å²) in [4.78, 5) is 13.3. The van der Waals surface area contributed by atoms with Gasteiger partial charge >= 0.3 is 0 Å². The average molecular weight is 295 g/mol. The Balaban J connectivity index is 2.64. The number of carbonyl (C=O) groups excluding carboxylic acids is 1. The van der Waals surface area contributed by atoms with Gasteiger partial charge in [-0.2, -0.15) is 0 Å². The van der Waals surface area contributed by atoms with Crippen LogP contribution in [0.4, 0.5) is 10.1 Å². The fourth-order valence-corrected chi connectivity index (χ4v) is 2.05. The predicted octanol–water partition coefficient (Wildman–Crippen LogP) is 2.29. The molecule has 0 aliphatic rings. The molecule has 0 aliphatic heterocycles. The summed E-state index contributed by atoms with van der Waals surface area (Å²) in [5, 5.41) is 6.03. The first kappa shape index (κ1) is 17.4. The molecule has 0 atom stereocenters. The lowest BCUT2D eigenvalue weighted by atomic mass is 10.2. The highest BCUT2D eigenvalue weighted by Crippen LogP contribution is 2.19. The van der Waals surface area contributed by atoms with Crippen LogP contribution in [0.25, 0.3) is 0 Å². The van der Waals surface area contributed by atoms with Crippen LogP contribution in [-0.4, -0.2) is 32.1 Å². The number of hydrogen-bond donors (Lipinski definition) is 2. The SMILES string of the molecule is CCCNCc1ccc(N(C)CC(=O)NC(C)C)c(F)c1. The van der Waals surface area contributed by atoms with Gasteiger partial charge in [0.15, 0.2) is 0 Å².